The number of nitrogens with one attached hydrogen (secondary N) is 3. The van der Waals surface area contributed by atoms with Crippen molar-refractivity contribution in [2.45, 2.75) is 6.54 Å². The van der Waals surface area contributed by atoms with Crippen molar-refractivity contribution in [2.24, 2.45) is 4.99 Å². The first-order valence-corrected chi connectivity index (χ1v) is 8.01. The maximum atomic E-state index is 12.0. The molecule has 146 valence electrons. The van der Waals surface area contributed by atoms with Crippen LogP contribution in [0.3, 0.4) is 0 Å². The highest BCUT2D eigenvalue weighted by Crippen LogP contribution is 2.24. The lowest BCUT2D eigenvalue weighted by Crippen LogP contribution is -2.41. The zero-order valence-electron chi connectivity index (χ0n) is 15.5. The summed E-state index contributed by atoms with van der Waals surface area (Å²) in [5, 5.41) is 8.85. The van der Waals surface area contributed by atoms with Crippen LogP contribution in [0.2, 0.25) is 0 Å². The van der Waals surface area contributed by atoms with Gasteiger partial charge in [0, 0.05) is 31.4 Å². The van der Waals surface area contributed by atoms with Crippen molar-refractivity contribution in [1.82, 2.24) is 15.6 Å². The molecule has 0 radical (unpaired) electrons. The molecule has 0 bridgehead atoms. The van der Waals surface area contributed by atoms with Crippen LogP contribution in [0.4, 0.5) is 5.69 Å². The van der Waals surface area contributed by atoms with Crippen molar-refractivity contribution in [3.8, 4) is 11.5 Å². The van der Waals surface area contributed by atoms with Crippen molar-refractivity contribution >= 4 is 41.5 Å². The topological polar surface area (TPSA) is 96.9 Å². The van der Waals surface area contributed by atoms with E-state index in [0.717, 1.165) is 11.3 Å². The van der Waals surface area contributed by atoms with E-state index >= 15 is 0 Å². The molecule has 8 nitrogen and oxygen atoms in total. The van der Waals surface area contributed by atoms with Crippen molar-refractivity contribution in [1.29, 1.82) is 0 Å². The molecule has 1 amide bonds. The molecule has 0 atom stereocenters. The van der Waals surface area contributed by atoms with Crippen LogP contribution in [-0.4, -0.2) is 44.7 Å². The van der Waals surface area contributed by atoms with Crippen LogP contribution >= 0.6 is 24.0 Å². The van der Waals surface area contributed by atoms with Gasteiger partial charge in [0.2, 0.25) is 5.91 Å². The second-order valence-electron chi connectivity index (χ2n) is 5.25. The number of amides is 1. The van der Waals surface area contributed by atoms with Crippen LogP contribution in [0.15, 0.2) is 47.7 Å². The van der Waals surface area contributed by atoms with Gasteiger partial charge in [-0.25, -0.2) is 0 Å². The fraction of sp³-hybridized carbons (Fsp3) is 0.278. The maximum absolute atomic E-state index is 12.0. The van der Waals surface area contributed by atoms with Crippen LogP contribution in [0.25, 0.3) is 0 Å². The lowest BCUT2D eigenvalue weighted by Gasteiger charge is -2.14. The molecule has 0 saturated carbocycles. The Hall–Kier alpha value is -2.56. The number of rotatable bonds is 7. The van der Waals surface area contributed by atoms with E-state index in [2.05, 4.69) is 25.9 Å². The number of pyridine rings is 1. The molecular formula is C18H24IN5O3. The number of halogens is 1. The minimum Gasteiger partial charge on any atom is -0.497 e. The molecule has 0 spiro atoms. The lowest BCUT2D eigenvalue weighted by molar-refractivity contribution is -0.115. The van der Waals surface area contributed by atoms with E-state index in [-0.39, 0.29) is 36.4 Å². The Morgan fingerprint density at radius 3 is 2.63 bits per heavy atom. The third-order valence-electron chi connectivity index (χ3n) is 3.53. The Labute approximate surface area is 175 Å². The molecule has 0 fully saturated rings. The molecule has 1 aromatic heterocycles. The van der Waals surface area contributed by atoms with E-state index in [1.165, 1.54) is 0 Å². The summed E-state index contributed by atoms with van der Waals surface area (Å²) >= 11 is 0. The minimum atomic E-state index is -0.192. The Balaban J connectivity index is 0.00000364. The first-order valence-electron chi connectivity index (χ1n) is 8.01. The van der Waals surface area contributed by atoms with Crippen LogP contribution in [0.1, 0.15) is 5.56 Å². The number of nitrogens with zero attached hydrogens (tertiary/aromatic N) is 2. The highest BCUT2D eigenvalue weighted by atomic mass is 127. The molecule has 0 saturated heterocycles. The fourth-order valence-corrected chi connectivity index (χ4v) is 2.20. The summed E-state index contributed by atoms with van der Waals surface area (Å²) in [7, 11) is 4.85. The molecule has 3 N–H and O–H groups in total. The summed E-state index contributed by atoms with van der Waals surface area (Å²) < 4.78 is 10.6. The Morgan fingerprint density at radius 1 is 1.19 bits per heavy atom. The number of benzene rings is 1. The second-order valence-corrected chi connectivity index (χ2v) is 5.25. The molecule has 0 aliphatic heterocycles. The van der Waals surface area contributed by atoms with Crippen molar-refractivity contribution in [3.63, 3.8) is 0 Å². The summed E-state index contributed by atoms with van der Waals surface area (Å²) in [5.74, 6) is 1.74. The van der Waals surface area contributed by atoms with Gasteiger partial charge in [-0.15, -0.1) is 24.0 Å². The number of aliphatic imine (C=N–C) groups is 1. The van der Waals surface area contributed by atoms with Gasteiger partial charge in [-0.2, -0.15) is 0 Å². The van der Waals surface area contributed by atoms with Gasteiger partial charge in [-0.05, 0) is 24.3 Å². The van der Waals surface area contributed by atoms with Gasteiger partial charge in [0.05, 0.1) is 32.6 Å². The van der Waals surface area contributed by atoms with E-state index in [9.17, 15) is 4.79 Å². The SMILES string of the molecule is CN=C(NCC(=O)Nc1cccnc1)NCc1ccc(OC)cc1OC.I. The zero-order chi connectivity index (χ0) is 18.8. The fourth-order valence-electron chi connectivity index (χ4n) is 2.20. The average molecular weight is 485 g/mol. The third kappa shape index (κ3) is 7.29. The highest BCUT2D eigenvalue weighted by molar-refractivity contribution is 14.0. The lowest BCUT2D eigenvalue weighted by atomic mass is 10.2. The Bertz CT molecular complexity index is 756. The van der Waals surface area contributed by atoms with E-state index in [0.29, 0.717) is 23.9 Å². The monoisotopic (exact) mass is 485 g/mol. The number of carbonyl (C=O) groups excluding carboxylic acids is 1. The van der Waals surface area contributed by atoms with Gasteiger partial charge in [0.15, 0.2) is 5.96 Å². The molecule has 1 heterocycles. The Morgan fingerprint density at radius 2 is 2.00 bits per heavy atom. The smallest absolute Gasteiger partial charge is 0.243 e. The molecule has 2 aromatic rings. The number of hydrogen-bond donors (Lipinski definition) is 3. The first kappa shape index (κ1) is 22.5. The summed E-state index contributed by atoms with van der Waals surface area (Å²) in [4.78, 5) is 20.0. The summed E-state index contributed by atoms with van der Waals surface area (Å²) in [6, 6.07) is 9.11. The number of carbonyl (C=O) groups is 1. The van der Waals surface area contributed by atoms with E-state index in [1.807, 2.05) is 18.2 Å². The van der Waals surface area contributed by atoms with Crippen LogP contribution < -0.4 is 25.4 Å². The average Bonchev–Trinajstić information content (AvgIpc) is 2.68. The largest absolute Gasteiger partial charge is 0.497 e. The molecule has 27 heavy (non-hydrogen) atoms. The normalized spacial score (nSPS) is 10.4. The molecule has 0 unspecified atom stereocenters. The number of ether oxygens (including phenoxy) is 2. The predicted molar refractivity (Wildman–Crippen MR) is 116 cm³/mol. The van der Waals surface area contributed by atoms with Crippen LogP contribution in [0.5, 0.6) is 11.5 Å². The van der Waals surface area contributed by atoms with Gasteiger partial charge < -0.3 is 25.4 Å². The molecule has 0 aliphatic carbocycles. The summed E-state index contributed by atoms with van der Waals surface area (Å²) in [5.41, 5.74) is 1.58. The summed E-state index contributed by atoms with van der Waals surface area (Å²) in [6.45, 7) is 0.561. The van der Waals surface area contributed by atoms with Gasteiger partial charge in [0.25, 0.3) is 0 Å². The summed E-state index contributed by atoms with van der Waals surface area (Å²) in [6.07, 6.45) is 3.23. The van der Waals surface area contributed by atoms with Crippen molar-refractivity contribution in [2.75, 3.05) is 33.1 Å². The quantitative estimate of drug-likeness (QED) is 0.316. The first-order chi connectivity index (χ1) is 12.7. The van der Waals surface area contributed by atoms with E-state index in [4.69, 9.17) is 9.47 Å². The number of aromatic nitrogens is 1. The number of guanidine groups is 1. The number of methoxy groups -OCH3 is 2. The molecule has 1 aromatic carbocycles. The second kappa shape index (κ2) is 11.9. The Kier molecular flexibility index (Phi) is 9.94. The van der Waals surface area contributed by atoms with Crippen LogP contribution in [0, 0.1) is 0 Å². The molecule has 2 rings (SSSR count). The van der Waals surface area contributed by atoms with Crippen molar-refractivity contribution in [3.05, 3.63) is 48.3 Å². The number of hydrogen-bond acceptors (Lipinski definition) is 5. The third-order valence-corrected chi connectivity index (χ3v) is 3.53. The maximum Gasteiger partial charge on any atom is 0.243 e. The van der Waals surface area contributed by atoms with Gasteiger partial charge in [0.1, 0.15) is 11.5 Å². The molecular weight excluding hydrogens is 461 g/mol. The van der Waals surface area contributed by atoms with Gasteiger partial charge >= 0.3 is 0 Å². The molecule has 9 heteroatoms. The van der Waals surface area contributed by atoms with Gasteiger partial charge in [-0.3, -0.25) is 14.8 Å². The highest BCUT2D eigenvalue weighted by Gasteiger charge is 2.08. The zero-order valence-corrected chi connectivity index (χ0v) is 17.8. The minimum absolute atomic E-state index is 0. The van der Waals surface area contributed by atoms with E-state index in [1.54, 1.807) is 45.8 Å². The molecule has 0 aliphatic rings. The van der Waals surface area contributed by atoms with E-state index < -0.39 is 0 Å². The van der Waals surface area contributed by atoms with Crippen molar-refractivity contribution < 1.29 is 14.3 Å². The van der Waals surface area contributed by atoms with Crippen LogP contribution in [-0.2, 0) is 11.3 Å². The predicted octanol–water partition coefficient (Wildman–Crippen LogP) is 2.02. The van der Waals surface area contributed by atoms with Gasteiger partial charge in [-0.1, -0.05) is 0 Å². The number of anilines is 1. The standard InChI is InChI=1S/C18H23N5O3.HI/c1-19-18(22-12-17(24)23-14-5-4-8-20-11-14)21-10-13-6-7-15(25-2)9-16(13)26-3;/h4-9,11H,10,12H2,1-3H3,(H,23,24)(H2,19,21,22);1H.